The van der Waals surface area contributed by atoms with E-state index in [4.69, 9.17) is 27.9 Å². The largest absolute Gasteiger partial charge is 0.467 e. The maximum Gasteiger partial charge on any atom is 0.331 e. The summed E-state index contributed by atoms with van der Waals surface area (Å²) in [6.07, 6.45) is 1.57. The smallest absolute Gasteiger partial charge is 0.331 e. The molecule has 0 N–H and O–H groups in total. The molecule has 0 spiro atoms. The minimum absolute atomic E-state index is 0.458. The summed E-state index contributed by atoms with van der Waals surface area (Å²) in [5.74, 6) is -0.458. The lowest BCUT2D eigenvalue weighted by molar-refractivity contribution is -0.142. The molecule has 0 aliphatic heterocycles. The highest BCUT2D eigenvalue weighted by molar-refractivity contribution is 8.01. The lowest BCUT2D eigenvalue weighted by atomic mass is 9.98. The second kappa shape index (κ2) is 7.76. The zero-order valence-corrected chi connectivity index (χ0v) is 14.7. The fourth-order valence-corrected chi connectivity index (χ4v) is 3.76. The molecular formula is C18H14Cl2O2S. The van der Waals surface area contributed by atoms with Gasteiger partial charge in [-0.05, 0) is 35.9 Å². The Bertz CT molecular complexity index is 769. The molecule has 5 heteroatoms. The van der Waals surface area contributed by atoms with Gasteiger partial charge in [0.15, 0.2) is 4.75 Å². The van der Waals surface area contributed by atoms with Crippen LogP contribution in [0.3, 0.4) is 0 Å². The normalized spacial score (nSPS) is 12.8. The molecule has 0 saturated heterocycles. The first-order valence-electron chi connectivity index (χ1n) is 6.68. The first kappa shape index (κ1) is 17.7. The van der Waals surface area contributed by atoms with E-state index in [0.717, 1.165) is 4.90 Å². The fraction of sp³-hybridized carbons (Fsp3) is 0.111. The highest BCUT2D eigenvalue weighted by Gasteiger charge is 2.41. The Hall–Kier alpha value is -1.64. The Kier molecular flexibility index (Phi) is 5.97. The van der Waals surface area contributed by atoms with Crippen LogP contribution in [0.4, 0.5) is 0 Å². The second-order valence-electron chi connectivity index (χ2n) is 4.62. The molecule has 1 unspecified atom stereocenters. The van der Waals surface area contributed by atoms with Gasteiger partial charge in [-0.1, -0.05) is 65.8 Å². The lowest BCUT2D eigenvalue weighted by Crippen LogP contribution is -2.31. The topological polar surface area (TPSA) is 26.3 Å². The quantitative estimate of drug-likeness (QED) is 0.398. The molecule has 0 aliphatic carbocycles. The predicted molar refractivity (Wildman–Crippen MR) is 96.2 cm³/mol. The minimum atomic E-state index is -1.17. The van der Waals surface area contributed by atoms with Crippen molar-refractivity contribution in [1.29, 1.82) is 0 Å². The number of carbonyl (C=O) groups is 1. The van der Waals surface area contributed by atoms with Crippen LogP contribution in [0.15, 0.2) is 71.8 Å². The van der Waals surface area contributed by atoms with E-state index < -0.39 is 10.7 Å². The van der Waals surface area contributed by atoms with Crippen LogP contribution in [0.25, 0.3) is 0 Å². The summed E-state index contributed by atoms with van der Waals surface area (Å²) in [4.78, 5) is 13.4. The summed E-state index contributed by atoms with van der Waals surface area (Å²) in [7, 11) is 1.34. The Morgan fingerprint density at radius 2 is 2.00 bits per heavy atom. The molecule has 0 radical (unpaired) electrons. The van der Waals surface area contributed by atoms with Crippen molar-refractivity contribution in [2.75, 3.05) is 7.11 Å². The Morgan fingerprint density at radius 1 is 1.26 bits per heavy atom. The summed E-state index contributed by atoms with van der Waals surface area (Å²) in [6, 6.07) is 14.3. The van der Waals surface area contributed by atoms with Gasteiger partial charge in [0, 0.05) is 9.92 Å². The molecule has 0 aromatic heterocycles. The molecule has 0 aliphatic rings. The Morgan fingerprint density at radius 3 is 2.61 bits per heavy atom. The zero-order valence-electron chi connectivity index (χ0n) is 12.4. The number of halogens is 2. The zero-order chi connectivity index (χ0) is 16.9. The summed E-state index contributed by atoms with van der Waals surface area (Å²) < 4.78 is 3.86. The van der Waals surface area contributed by atoms with Crippen LogP contribution in [0.2, 0.25) is 10.0 Å². The Labute approximate surface area is 149 Å². The van der Waals surface area contributed by atoms with E-state index in [0.29, 0.717) is 15.6 Å². The van der Waals surface area contributed by atoms with Crippen LogP contribution < -0.4 is 0 Å². The molecule has 0 bridgehead atoms. The highest BCUT2D eigenvalue weighted by atomic mass is 35.5. The van der Waals surface area contributed by atoms with Crippen molar-refractivity contribution in [1.82, 2.24) is 0 Å². The number of hydrogen-bond acceptors (Lipinski definition) is 3. The van der Waals surface area contributed by atoms with Gasteiger partial charge in [0.05, 0.1) is 12.1 Å². The number of esters is 1. The van der Waals surface area contributed by atoms with Crippen LogP contribution in [-0.4, -0.2) is 13.1 Å². The van der Waals surface area contributed by atoms with Gasteiger partial charge in [-0.15, -0.1) is 5.73 Å². The van der Waals surface area contributed by atoms with Crippen molar-refractivity contribution in [3.8, 4) is 0 Å². The average molecular weight is 365 g/mol. The van der Waals surface area contributed by atoms with Gasteiger partial charge in [0.1, 0.15) is 0 Å². The van der Waals surface area contributed by atoms with Crippen LogP contribution in [0.5, 0.6) is 0 Å². The van der Waals surface area contributed by atoms with Crippen molar-refractivity contribution in [2.24, 2.45) is 0 Å². The van der Waals surface area contributed by atoms with E-state index in [2.05, 4.69) is 12.3 Å². The first-order valence-corrected chi connectivity index (χ1v) is 8.25. The van der Waals surface area contributed by atoms with Gasteiger partial charge in [0.25, 0.3) is 0 Å². The standard InChI is InChI=1S/C18H14Cl2O2S/c1-3-11-18(17(21)22-2,13-7-6-8-14(19)12-13)23-16-10-5-4-9-15(16)20/h4-12H,1H2,2H3. The second-order valence-corrected chi connectivity index (χ2v) is 6.75. The van der Waals surface area contributed by atoms with E-state index >= 15 is 0 Å². The van der Waals surface area contributed by atoms with E-state index in [1.165, 1.54) is 18.9 Å². The van der Waals surface area contributed by atoms with Crippen molar-refractivity contribution in [2.45, 2.75) is 9.64 Å². The number of hydrogen-bond donors (Lipinski definition) is 0. The maximum absolute atomic E-state index is 12.6. The lowest BCUT2D eigenvalue weighted by Gasteiger charge is -2.27. The number of carbonyl (C=O) groups excluding carboxylic acids is 1. The molecule has 2 nitrogen and oxygen atoms in total. The fourth-order valence-electron chi connectivity index (χ4n) is 2.11. The van der Waals surface area contributed by atoms with Gasteiger partial charge in [-0.25, -0.2) is 4.79 Å². The van der Waals surface area contributed by atoms with Crippen molar-refractivity contribution >= 4 is 40.9 Å². The van der Waals surface area contributed by atoms with Gasteiger partial charge < -0.3 is 4.74 Å². The van der Waals surface area contributed by atoms with Gasteiger partial charge in [0.2, 0.25) is 0 Å². The van der Waals surface area contributed by atoms with E-state index in [-0.39, 0.29) is 0 Å². The molecule has 0 amide bonds. The third-order valence-corrected chi connectivity index (χ3v) is 5.25. The highest BCUT2D eigenvalue weighted by Crippen LogP contribution is 2.46. The van der Waals surface area contributed by atoms with Crippen LogP contribution in [0.1, 0.15) is 5.56 Å². The van der Waals surface area contributed by atoms with Gasteiger partial charge in [-0.2, -0.15) is 0 Å². The third-order valence-electron chi connectivity index (χ3n) is 3.16. The number of ether oxygens (including phenoxy) is 1. The molecular weight excluding hydrogens is 351 g/mol. The van der Waals surface area contributed by atoms with Crippen LogP contribution in [0, 0.1) is 0 Å². The first-order chi connectivity index (χ1) is 11.0. The molecule has 2 aromatic carbocycles. The monoisotopic (exact) mass is 364 g/mol. The van der Waals surface area contributed by atoms with Crippen LogP contribution >= 0.6 is 35.0 Å². The third kappa shape index (κ3) is 3.82. The molecule has 118 valence electrons. The number of methoxy groups -OCH3 is 1. The number of benzene rings is 2. The van der Waals surface area contributed by atoms with Crippen molar-refractivity contribution < 1.29 is 9.53 Å². The number of rotatable bonds is 5. The summed E-state index contributed by atoms with van der Waals surface area (Å²) >= 11 is 13.6. The van der Waals surface area contributed by atoms with E-state index in [9.17, 15) is 4.79 Å². The molecule has 0 heterocycles. The van der Waals surface area contributed by atoms with Gasteiger partial charge >= 0.3 is 5.97 Å². The predicted octanol–water partition coefficient (Wildman–Crippen LogP) is 5.50. The molecule has 0 fully saturated rings. The molecule has 0 saturated carbocycles. The average Bonchev–Trinajstić information content (AvgIpc) is 2.55. The molecule has 1 atom stereocenters. The van der Waals surface area contributed by atoms with E-state index in [1.807, 2.05) is 18.2 Å². The van der Waals surface area contributed by atoms with Crippen molar-refractivity contribution in [3.05, 3.63) is 82.5 Å². The van der Waals surface area contributed by atoms with Gasteiger partial charge in [-0.3, -0.25) is 0 Å². The summed E-state index contributed by atoms with van der Waals surface area (Å²) in [5, 5.41) is 1.07. The molecule has 2 aromatic rings. The molecule has 2 rings (SSSR count). The SMILES string of the molecule is C=C=CC(Sc1ccccc1Cl)(C(=O)OC)c1cccc(Cl)c1. The van der Waals surface area contributed by atoms with E-state index in [1.54, 1.807) is 36.4 Å². The molecule has 23 heavy (non-hydrogen) atoms. The Balaban J connectivity index is 2.65. The van der Waals surface area contributed by atoms with Crippen LogP contribution in [-0.2, 0) is 14.3 Å². The van der Waals surface area contributed by atoms with Crippen molar-refractivity contribution in [3.63, 3.8) is 0 Å². The summed E-state index contributed by atoms with van der Waals surface area (Å²) in [5.41, 5.74) is 3.36. The summed E-state index contributed by atoms with van der Waals surface area (Å²) in [6.45, 7) is 3.61. The minimum Gasteiger partial charge on any atom is -0.467 e. The number of thioether (sulfide) groups is 1. The maximum atomic E-state index is 12.6.